The number of morpholine rings is 1. The molecule has 0 amide bonds. The molecule has 0 aliphatic carbocycles. The minimum Gasteiger partial charge on any atom is -0.372 e. The Morgan fingerprint density at radius 3 is 2.58 bits per heavy atom. The molecular weight excluding hydrogens is 238 g/mol. The van der Waals surface area contributed by atoms with Gasteiger partial charge in [-0.05, 0) is 39.4 Å². The summed E-state index contributed by atoms with van der Waals surface area (Å²) < 4.78 is 5.76. The van der Waals surface area contributed by atoms with E-state index in [4.69, 9.17) is 4.74 Å². The number of aromatic nitrogens is 1. The summed E-state index contributed by atoms with van der Waals surface area (Å²) in [5.74, 6) is 0. The fourth-order valence-corrected chi connectivity index (χ4v) is 2.64. The number of nitrogens with one attached hydrogen (secondary N) is 1. The molecule has 2 heterocycles. The van der Waals surface area contributed by atoms with Crippen molar-refractivity contribution in [3.05, 3.63) is 24.0 Å². The van der Waals surface area contributed by atoms with Gasteiger partial charge in [-0.1, -0.05) is 6.92 Å². The van der Waals surface area contributed by atoms with Crippen molar-refractivity contribution in [3.8, 4) is 0 Å². The molecule has 0 bridgehead atoms. The Morgan fingerprint density at radius 2 is 2.05 bits per heavy atom. The van der Waals surface area contributed by atoms with E-state index in [1.807, 2.05) is 6.20 Å². The Bertz CT molecular complexity index is 383. The van der Waals surface area contributed by atoms with E-state index in [9.17, 15) is 0 Å². The van der Waals surface area contributed by atoms with Gasteiger partial charge in [0.25, 0.3) is 0 Å². The molecule has 1 saturated heterocycles. The molecule has 1 aromatic rings. The molecule has 3 atom stereocenters. The largest absolute Gasteiger partial charge is 0.372 e. The molecule has 0 radical (unpaired) electrons. The summed E-state index contributed by atoms with van der Waals surface area (Å²) in [6, 6.07) is 4.59. The van der Waals surface area contributed by atoms with Crippen LogP contribution in [-0.2, 0) is 4.74 Å². The van der Waals surface area contributed by atoms with Gasteiger partial charge in [-0.2, -0.15) is 0 Å². The van der Waals surface area contributed by atoms with E-state index in [1.54, 1.807) is 0 Å². The monoisotopic (exact) mass is 263 g/mol. The number of hydrogen-bond acceptors (Lipinski definition) is 4. The minimum atomic E-state index is 0.282. The van der Waals surface area contributed by atoms with Gasteiger partial charge in [-0.15, -0.1) is 0 Å². The standard InChI is InChI=1S/C15H25N3O/c1-5-16-13(4)15-7-6-14(8-17-15)18-9-11(2)19-12(3)10-18/h6-8,11-13,16H,5,9-10H2,1-4H3/t11-,12+,13?. The molecule has 1 unspecified atom stereocenters. The fraction of sp³-hybridized carbons (Fsp3) is 0.667. The normalized spacial score (nSPS) is 25.4. The molecule has 106 valence electrons. The van der Waals surface area contributed by atoms with Gasteiger partial charge in [0.1, 0.15) is 0 Å². The Hall–Kier alpha value is -1.13. The molecule has 0 spiro atoms. The second-order valence-corrected chi connectivity index (χ2v) is 5.38. The average molecular weight is 263 g/mol. The lowest BCUT2D eigenvalue weighted by atomic mass is 10.2. The lowest BCUT2D eigenvalue weighted by Crippen LogP contribution is -2.45. The summed E-state index contributed by atoms with van der Waals surface area (Å²) in [5, 5.41) is 3.38. The van der Waals surface area contributed by atoms with Gasteiger partial charge in [-0.25, -0.2) is 0 Å². The number of anilines is 1. The zero-order valence-electron chi connectivity index (χ0n) is 12.4. The zero-order valence-corrected chi connectivity index (χ0v) is 12.4. The Morgan fingerprint density at radius 1 is 1.37 bits per heavy atom. The van der Waals surface area contributed by atoms with Crippen LogP contribution in [0.15, 0.2) is 18.3 Å². The highest BCUT2D eigenvalue weighted by Crippen LogP contribution is 2.21. The second-order valence-electron chi connectivity index (χ2n) is 5.38. The second kappa shape index (κ2) is 6.35. The maximum absolute atomic E-state index is 5.76. The first-order valence-corrected chi connectivity index (χ1v) is 7.20. The van der Waals surface area contributed by atoms with Crippen LogP contribution >= 0.6 is 0 Å². The number of rotatable bonds is 4. The van der Waals surface area contributed by atoms with Crippen LogP contribution < -0.4 is 10.2 Å². The highest BCUT2D eigenvalue weighted by atomic mass is 16.5. The van der Waals surface area contributed by atoms with Crippen molar-refractivity contribution in [2.75, 3.05) is 24.5 Å². The predicted molar refractivity (Wildman–Crippen MR) is 78.6 cm³/mol. The van der Waals surface area contributed by atoms with Crippen LogP contribution in [0, 0.1) is 0 Å². The summed E-state index contributed by atoms with van der Waals surface area (Å²) in [6.45, 7) is 11.3. The predicted octanol–water partition coefficient (Wildman–Crippen LogP) is 2.37. The van der Waals surface area contributed by atoms with E-state index in [-0.39, 0.29) is 12.2 Å². The molecule has 4 nitrogen and oxygen atoms in total. The molecule has 1 aromatic heterocycles. The molecule has 0 aromatic carbocycles. The van der Waals surface area contributed by atoms with E-state index in [2.05, 4.69) is 55.0 Å². The Kier molecular flexibility index (Phi) is 4.77. The van der Waals surface area contributed by atoms with Gasteiger partial charge in [0.05, 0.1) is 29.8 Å². The van der Waals surface area contributed by atoms with E-state index < -0.39 is 0 Å². The maximum Gasteiger partial charge on any atom is 0.0726 e. The van der Waals surface area contributed by atoms with Crippen LogP contribution in [0.3, 0.4) is 0 Å². The van der Waals surface area contributed by atoms with E-state index in [1.165, 1.54) is 5.69 Å². The summed E-state index contributed by atoms with van der Waals surface area (Å²) in [7, 11) is 0. The highest BCUT2D eigenvalue weighted by Gasteiger charge is 2.22. The van der Waals surface area contributed by atoms with Crippen LogP contribution in [0.5, 0.6) is 0 Å². The van der Waals surface area contributed by atoms with Crippen molar-refractivity contribution in [2.45, 2.75) is 45.9 Å². The lowest BCUT2D eigenvalue weighted by molar-refractivity contribution is -0.00523. The zero-order chi connectivity index (χ0) is 13.8. The van der Waals surface area contributed by atoms with Crippen LogP contribution in [0.1, 0.15) is 39.4 Å². The average Bonchev–Trinajstić information content (AvgIpc) is 2.38. The summed E-state index contributed by atoms with van der Waals surface area (Å²) in [6.07, 6.45) is 2.54. The number of pyridine rings is 1. The molecule has 1 N–H and O–H groups in total. The highest BCUT2D eigenvalue weighted by molar-refractivity contribution is 5.45. The van der Waals surface area contributed by atoms with Crippen molar-refractivity contribution in [1.29, 1.82) is 0 Å². The van der Waals surface area contributed by atoms with Crippen LogP contribution in [0.4, 0.5) is 5.69 Å². The van der Waals surface area contributed by atoms with E-state index >= 15 is 0 Å². The van der Waals surface area contributed by atoms with Crippen LogP contribution in [0.25, 0.3) is 0 Å². The summed E-state index contributed by atoms with van der Waals surface area (Å²) >= 11 is 0. The SMILES string of the molecule is CCNC(C)c1ccc(N2C[C@@H](C)O[C@@H](C)C2)cn1. The van der Waals surface area contributed by atoms with Crippen LogP contribution in [0.2, 0.25) is 0 Å². The van der Waals surface area contributed by atoms with E-state index in [0.29, 0.717) is 6.04 Å². The molecule has 4 heteroatoms. The quantitative estimate of drug-likeness (QED) is 0.905. The molecule has 0 saturated carbocycles. The maximum atomic E-state index is 5.76. The molecule has 1 aliphatic rings. The van der Waals surface area contributed by atoms with E-state index in [0.717, 1.165) is 25.3 Å². The lowest BCUT2D eigenvalue weighted by Gasteiger charge is -2.36. The van der Waals surface area contributed by atoms with Crippen molar-refractivity contribution < 1.29 is 4.74 Å². The molecule has 1 aliphatic heterocycles. The van der Waals surface area contributed by atoms with Gasteiger partial charge in [0.2, 0.25) is 0 Å². The minimum absolute atomic E-state index is 0.282. The molecule has 2 rings (SSSR count). The van der Waals surface area contributed by atoms with Gasteiger partial charge in [0, 0.05) is 19.1 Å². The van der Waals surface area contributed by atoms with Crippen molar-refractivity contribution in [2.24, 2.45) is 0 Å². The smallest absolute Gasteiger partial charge is 0.0726 e. The van der Waals surface area contributed by atoms with Crippen molar-refractivity contribution in [1.82, 2.24) is 10.3 Å². The molecule has 1 fully saturated rings. The van der Waals surface area contributed by atoms with Gasteiger partial charge < -0.3 is 15.0 Å². The van der Waals surface area contributed by atoms with Gasteiger partial charge in [0.15, 0.2) is 0 Å². The first kappa shape index (κ1) is 14.3. The molecular formula is C15H25N3O. The Labute approximate surface area is 116 Å². The van der Waals surface area contributed by atoms with Gasteiger partial charge >= 0.3 is 0 Å². The first-order valence-electron chi connectivity index (χ1n) is 7.20. The number of ether oxygens (including phenoxy) is 1. The third kappa shape index (κ3) is 3.67. The van der Waals surface area contributed by atoms with Crippen molar-refractivity contribution >= 4 is 5.69 Å². The fourth-order valence-electron chi connectivity index (χ4n) is 2.64. The topological polar surface area (TPSA) is 37.4 Å². The first-order chi connectivity index (χ1) is 9.10. The van der Waals surface area contributed by atoms with Gasteiger partial charge in [-0.3, -0.25) is 4.98 Å². The molecule has 19 heavy (non-hydrogen) atoms. The third-order valence-electron chi connectivity index (χ3n) is 3.51. The number of nitrogens with zero attached hydrogens (tertiary/aromatic N) is 2. The number of hydrogen-bond donors (Lipinski definition) is 1. The van der Waals surface area contributed by atoms with Crippen molar-refractivity contribution in [3.63, 3.8) is 0 Å². The Balaban J connectivity index is 2.05. The summed E-state index contributed by atoms with van der Waals surface area (Å²) in [5.41, 5.74) is 2.29. The third-order valence-corrected chi connectivity index (χ3v) is 3.51. The summed E-state index contributed by atoms with van der Waals surface area (Å²) in [4.78, 5) is 6.93. The van der Waals surface area contributed by atoms with Crippen LogP contribution in [-0.4, -0.2) is 36.8 Å².